The van der Waals surface area contributed by atoms with E-state index in [2.05, 4.69) is 10.3 Å². The molecule has 2 heterocycles. The standard InChI is InChI=1S/C20H23N3O3S/c24-20(9-8-17-5-2-1-3-6-17)22-15-18-10-13-23(14-11-18)27(25,26)19-7-4-12-21-16-19/h1-9,12,16,18H,10-11,13-15H2,(H,22,24). The van der Waals surface area contributed by atoms with Gasteiger partial charge in [-0.15, -0.1) is 0 Å². The zero-order chi connectivity index (χ0) is 19.1. The van der Waals surface area contributed by atoms with Crippen LogP contribution >= 0.6 is 0 Å². The third-order valence-corrected chi connectivity index (χ3v) is 6.52. The molecule has 1 aliphatic rings. The normalized spacial score (nSPS) is 16.4. The van der Waals surface area contributed by atoms with Crippen LogP contribution in [0, 0.1) is 5.92 Å². The molecule has 6 nitrogen and oxygen atoms in total. The molecule has 142 valence electrons. The quantitative estimate of drug-likeness (QED) is 0.774. The van der Waals surface area contributed by atoms with E-state index in [-0.39, 0.29) is 16.7 Å². The van der Waals surface area contributed by atoms with Crippen LogP contribution in [0.3, 0.4) is 0 Å². The van der Waals surface area contributed by atoms with Crippen LogP contribution in [0.5, 0.6) is 0 Å². The first kappa shape index (κ1) is 19.3. The van der Waals surface area contributed by atoms with Crippen LogP contribution in [0.4, 0.5) is 0 Å². The van der Waals surface area contributed by atoms with Crippen molar-refractivity contribution in [1.29, 1.82) is 0 Å². The Morgan fingerprint density at radius 2 is 1.89 bits per heavy atom. The van der Waals surface area contributed by atoms with E-state index in [1.54, 1.807) is 24.4 Å². The van der Waals surface area contributed by atoms with Crippen molar-refractivity contribution < 1.29 is 13.2 Å². The van der Waals surface area contributed by atoms with E-state index in [0.29, 0.717) is 19.6 Å². The van der Waals surface area contributed by atoms with Crippen LogP contribution in [0.15, 0.2) is 65.8 Å². The van der Waals surface area contributed by atoms with Crippen LogP contribution in [0.2, 0.25) is 0 Å². The van der Waals surface area contributed by atoms with Gasteiger partial charge in [0.25, 0.3) is 0 Å². The number of carbonyl (C=O) groups excluding carboxylic acids is 1. The summed E-state index contributed by atoms with van der Waals surface area (Å²) in [6.07, 6.45) is 7.68. The van der Waals surface area contributed by atoms with Crippen LogP contribution in [-0.2, 0) is 14.8 Å². The number of nitrogens with one attached hydrogen (secondary N) is 1. The first-order valence-corrected chi connectivity index (χ1v) is 10.4. The van der Waals surface area contributed by atoms with Gasteiger partial charge in [-0.3, -0.25) is 9.78 Å². The number of hydrogen-bond donors (Lipinski definition) is 1. The molecule has 3 rings (SSSR count). The van der Waals surface area contributed by atoms with Crippen LogP contribution in [0.25, 0.3) is 6.08 Å². The van der Waals surface area contributed by atoms with Gasteiger partial charge in [-0.05, 0) is 42.5 Å². The maximum atomic E-state index is 12.6. The van der Waals surface area contributed by atoms with E-state index in [0.717, 1.165) is 18.4 Å². The monoisotopic (exact) mass is 385 g/mol. The van der Waals surface area contributed by atoms with E-state index >= 15 is 0 Å². The first-order chi connectivity index (χ1) is 13.1. The Morgan fingerprint density at radius 3 is 2.56 bits per heavy atom. The van der Waals surface area contributed by atoms with E-state index in [9.17, 15) is 13.2 Å². The molecule has 0 bridgehead atoms. The summed E-state index contributed by atoms with van der Waals surface area (Å²) in [5, 5.41) is 2.90. The van der Waals surface area contributed by atoms with Crippen molar-refractivity contribution in [2.24, 2.45) is 5.92 Å². The molecule has 1 amide bonds. The number of nitrogens with zero attached hydrogens (tertiary/aromatic N) is 2. The van der Waals surface area contributed by atoms with Crippen molar-refractivity contribution in [2.75, 3.05) is 19.6 Å². The lowest BCUT2D eigenvalue weighted by atomic mass is 9.98. The molecule has 1 aromatic heterocycles. The third-order valence-electron chi connectivity index (χ3n) is 4.64. The SMILES string of the molecule is O=C(C=Cc1ccccc1)NCC1CCN(S(=O)(=O)c2cccnc2)CC1. The summed E-state index contributed by atoms with van der Waals surface area (Å²) in [5.74, 6) is 0.142. The summed E-state index contributed by atoms with van der Waals surface area (Å²) in [5.41, 5.74) is 0.974. The summed E-state index contributed by atoms with van der Waals surface area (Å²) >= 11 is 0. The Labute approximate surface area is 160 Å². The fourth-order valence-electron chi connectivity index (χ4n) is 3.04. The smallest absolute Gasteiger partial charge is 0.244 e. The minimum absolute atomic E-state index is 0.135. The van der Waals surface area contributed by atoms with E-state index in [4.69, 9.17) is 0 Å². The average Bonchev–Trinajstić information content (AvgIpc) is 2.72. The van der Waals surface area contributed by atoms with Crippen molar-refractivity contribution in [3.05, 3.63) is 66.5 Å². The summed E-state index contributed by atoms with van der Waals surface area (Å²) < 4.78 is 26.7. The number of carbonyl (C=O) groups is 1. The van der Waals surface area contributed by atoms with Gasteiger partial charge in [0, 0.05) is 38.1 Å². The number of benzene rings is 1. The second kappa shape index (κ2) is 8.92. The van der Waals surface area contributed by atoms with E-state index in [1.165, 1.54) is 16.6 Å². The average molecular weight is 385 g/mol. The topological polar surface area (TPSA) is 79.4 Å². The molecule has 0 saturated carbocycles. The second-order valence-corrected chi connectivity index (χ2v) is 8.46. The minimum atomic E-state index is -3.48. The van der Waals surface area contributed by atoms with Gasteiger partial charge in [0.1, 0.15) is 4.90 Å². The van der Waals surface area contributed by atoms with Crippen molar-refractivity contribution in [2.45, 2.75) is 17.7 Å². The van der Waals surface area contributed by atoms with Gasteiger partial charge in [0.15, 0.2) is 0 Å². The number of aromatic nitrogens is 1. The molecule has 0 spiro atoms. The maximum Gasteiger partial charge on any atom is 0.244 e. The molecule has 1 saturated heterocycles. The zero-order valence-corrected chi connectivity index (χ0v) is 15.8. The van der Waals surface area contributed by atoms with Crippen molar-refractivity contribution in [1.82, 2.24) is 14.6 Å². The molecule has 0 radical (unpaired) electrons. The number of rotatable bonds is 6. The lowest BCUT2D eigenvalue weighted by Gasteiger charge is -2.31. The van der Waals surface area contributed by atoms with Crippen LogP contribution < -0.4 is 5.32 Å². The molecular weight excluding hydrogens is 362 g/mol. The third kappa shape index (κ3) is 5.24. The highest BCUT2D eigenvalue weighted by molar-refractivity contribution is 7.89. The molecule has 1 fully saturated rings. The van der Waals surface area contributed by atoms with Crippen LogP contribution in [0.1, 0.15) is 18.4 Å². The van der Waals surface area contributed by atoms with Gasteiger partial charge < -0.3 is 5.32 Å². The van der Waals surface area contributed by atoms with Gasteiger partial charge in [0.2, 0.25) is 15.9 Å². The first-order valence-electron chi connectivity index (χ1n) is 8.97. The molecule has 0 atom stereocenters. The summed E-state index contributed by atoms with van der Waals surface area (Å²) in [6.45, 7) is 1.47. The minimum Gasteiger partial charge on any atom is -0.352 e. The second-order valence-electron chi connectivity index (χ2n) is 6.53. The van der Waals surface area contributed by atoms with Crippen LogP contribution in [-0.4, -0.2) is 43.2 Å². The molecule has 2 aromatic rings. The Morgan fingerprint density at radius 1 is 1.15 bits per heavy atom. The number of sulfonamides is 1. The largest absolute Gasteiger partial charge is 0.352 e. The lowest BCUT2D eigenvalue weighted by molar-refractivity contribution is -0.116. The number of pyridine rings is 1. The molecule has 0 aliphatic carbocycles. The van der Waals surface area contributed by atoms with Gasteiger partial charge in [0.05, 0.1) is 0 Å². The van der Waals surface area contributed by atoms with E-state index in [1.807, 2.05) is 30.3 Å². The number of piperidine rings is 1. The molecule has 1 aromatic carbocycles. The van der Waals surface area contributed by atoms with Gasteiger partial charge in [-0.2, -0.15) is 4.31 Å². The van der Waals surface area contributed by atoms with Gasteiger partial charge in [-0.1, -0.05) is 30.3 Å². The summed E-state index contributed by atoms with van der Waals surface area (Å²) in [6, 6.07) is 12.8. The maximum absolute atomic E-state index is 12.6. The molecule has 7 heteroatoms. The molecule has 1 aliphatic heterocycles. The zero-order valence-electron chi connectivity index (χ0n) is 15.0. The lowest BCUT2D eigenvalue weighted by Crippen LogP contribution is -2.41. The summed E-state index contributed by atoms with van der Waals surface area (Å²) in [4.78, 5) is 16.1. The predicted octanol–water partition coefficient (Wildman–Crippen LogP) is 2.31. The van der Waals surface area contributed by atoms with Gasteiger partial charge >= 0.3 is 0 Å². The van der Waals surface area contributed by atoms with Crippen molar-refractivity contribution in [3.8, 4) is 0 Å². The van der Waals surface area contributed by atoms with Crippen molar-refractivity contribution in [3.63, 3.8) is 0 Å². The molecule has 0 unspecified atom stereocenters. The highest BCUT2D eigenvalue weighted by Crippen LogP contribution is 2.23. The summed E-state index contributed by atoms with van der Waals surface area (Å²) in [7, 11) is -3.48. The molecule has 1 N–H and O–H groups in total. The van der Waals surface area contributed by atoms with Gasteiger partial charge in [-0.25, -0.2) is 8.42 Å². The Bertz CT molecular complexity index is 875. The number of amides is 1. The highest BCUT2D eigenvalue weighted by Gasteiger charge is 2.29. The molecular formula is C20H23N3O3S. The Kier molecular flexibility index (Phi) is 6.36. The highest BCUT2D eigenvalue weighted by atomic mass is 32.2. The van der Waals surface area contributed by atoms with Crippen molar-refractivity contribution >= 4 is 22.0 Å². The molecule has 27 heavy (non-hydrogen) atoms. The van der Waals surface area contributed by atoms with E-state index < -0.39 is 10.0 Å². The predicted molar refractivity (Wildman–Crippen MR) is 104 cm³/mol. The fourth-order valence-corrected chi connectivity index (χ4v) is 4.48. The Hall–Kier alpha value is -2.51. The fraction of sp³-hybridized carbons (Fsp3) is 0.300. The number of hydrogen-bond acceptors (Lipinski definition) is 4. The Balaban J connectivity index is 1.46.